The molecular weight excluding hydrogens is 293 g/mol. The van der Waals surface area contributed by atoms with Gasteiger partial charge in [0.1, 0.15) is 0 Å². The molecule has 1 saturated heterocycles. The van der Waals surface area contributed by atoms with E-state index in [0.29, 0.717) is 13.1 Å². The second-order valence-corrected chi connectivity index (χ2v) is 5.63. The first kappa shape index (κ1) is 15.1. The quantitative estimate of drug-likeness (QED) is 0.895. The van der Waals surface area contributed by atoms with Crippen LogP contribution in [0.3, 0.4) is 0 Å². The number of carbonyl (C=O) groups is 1. The molecule has 0 spiro atoms. The van der Waals surface area contributed by atoms with Crippen molar-refractivity contribution in [2.75, 3.05) is 24.5 Å². The van der Waals surface area contributed by atoms with Gasteiger partial charge in [0.05, 0.1) is 12.5 Å². The molecule has 20 heavy (non-hydrogen) atoms. The average molecular weight is 308 g/mol. The van der Waals surface area contributed by atoms with Crippen molar-refractivity contribution >= 4 is 23.0 Å². The Balaban J connectivity index is 2.03. The Bertz CT molecular complexity index is 450. The number of carboxylic acid groups (broad SMARTS) is 1. The number of anilines is 1. The van der Waals surface area contributed by atoms with Crippen molar-refractivity contribution in [2.24, 2.45) is 5.92 Å². The van der Waals surface area contributed by atoms with Crippen LogP contribution in [0, 0.1) is 5.92 Å². The maximum Gasteiger partial charge on any atom is 0.401 e. The third-order valence-corrected chi connectivity index (χ3v) is 3.93. The number of thiophene rings is 1. The lowest BCUT2D eigenvalue weighted by molar-refractivity contribution is -0.142. The minimum Gasteiger partial charge on any atom is -0.481 e. The Hall–Kier alpha value is -1.28. The Morgan fingerprint density at radius 3 is 2.80 bits per heavy atom. The summed E-state index contributed by atoms with van der Waals surface area (Å²) in [7, 11) is 0. The molecule has 2 N–H and O–H groups in total. The fourth-order valence-corrected chi connectivity index (χ4v) is 3.00. The largest absolute Gasteiger partial charge is 0.481 e. The van der Waals surface area contributed by atoms with Crippen molar-refractivity contribution in [1.29, 1.82) is 0 Å². The van der Waals surface area contributed by atoms with E-state index in [2.05, 4.69) is 5.32 Å². The van der Waals surface area contributed by atoms with Crippen LogP contribution in [0.15, 0.2) is 16.8 Å². The molecule has 0 aromatic carbocycles. The van der Waals surface area contributed by atoms with Gasteiger partial charge < -0.3 is 15.3 Å². The Morgan fingerprint density at radius 1 is 1.50 bits per heavy atom. The summed E-state index contributed by atoms with van der Waals surface area (Å²) >= 11 is 1.47. The summed E-state index contributed by atoms with van der Waals surface area (Å²) in [5.74, 6) is -1.63. The number of halogens is 3. The van der Waals surface area contributed by atoms with Crippen molar-refractivity contribution in [3.8, 4) is 0 Å². The molecule has 4 nitrogen and oxygen atoms in total. The second-order valence-electron chi connectivity index (χ2n) is 4.85. The number of hydrogen-bond donors (Lipinski definition) is 2. The van der Waals surface area contributed by atoms with Crippen LogP contribution in [0.5, 0.6) is 0 Å². The molecule has 1 aliphatic heterocycles. The molecule has 1 fully saturated rings. The molecule has 2 atom stereocenters. The SMILES string of the molecule is O=C(O)C1CC(NCC(F)(F)F)CN(c2ccsc2)C1. The van der Waals surface area contributed by atoms with Gasteiger partial charge in [-0.05, 0) is 17.9 Å². The molecule has 0 saturated carbocycles. The summed E-state index contributed by atoms with van der Waals surface area (Å²) in [5.41, 5.74) is 0.861. The molecule has 8 heteroatoms. The van der Waals surface area contributed by atoms with Gasteiger partial charge in [0.15, 0.2) is 0 Å². The number of nitrogens with one attached hydrogen (secondary N) is 1. The number of nitrogens with zero attached hydrogens (tertiary/aromatic N) is 1. The predicted molar refractivity (Wildman–Crippen MR) is 70.1 cm³/mol. The number of hydrogen-bond acceptors (Lipinski definition) is 4. The summed E-state index contributed by atoms with van der Waals surface area (Å²) in [6, 6.07) is 1.36. The average Bonchev–Trinajstić information content (AvgIpc) is 2.89. The predicted octanol–water partition coefficient (Wildman–Crippen LogP) is 2.18. The van der Waals surface area contributed by atoms with Crippen LogP contribution in [0.25, 0.3) is 0 Å². The van der Waals surface area contributed by atoms with E-state index in [1.54, 1.807) is 0 Å². The van der Waals surface area contributed by atoms with Crippen LogP contribution in [0.2, 0.25) is 0 Å². The smallest absolute Gasteiger partial charge is 0.401 e. The van der Waals surface area contributed by atoms with Gasteiger partial charge in [-0.25, -0.2) is 0 Å². The van der Waals surface area contributed by atoms with Crippen LogP contribution >= 0.6 is 11.3 Å². The number of aliphatic carboxylic acids is 1. The maximum absolute atomic E-state index is 12.2. The van der Waals surface area contributed by atoms with Gasteiger partial charge in [-0.2, -0.15) is 24.5 Å². The van der Waals surface area contributed by atoms with Crippen LogP contribution < -0.4 is 10.2 Å². The van der Waals surface area contributed by atoms with Crippen LogP contribution in [-0.4, -0.2) is 42.9 Å². The third kappa shape index (κ3) is 4.11. The van der Waals surface area contributed by atoms with E-state index in [9.17, 15) is 18.0 Å². The zero-order valence-electron chi connectivity index (χ0n) is 10.6. The molecular formula is C12H15F3N2O2S. The normalized spacial score (nSPS) is 23.9. The van der Waals surface area contributed by atoms with Gasteiger partial charge >= 0.3 is 12.1 Å². The van der Waals surface area contributed by atoms with Crippen LogP contribution in [0.4, 0.5) is 18.9 Å². The second kappa shape index (κ2) is 6.01. The van der Waals surface area contributed by atoms with Gasteiger partial charge in [0.25, 0.3) is 0 Å². The van der Waals surface area contributed by atoms with Crippen molar-refractivity contribution in [3.05, 3.63) is 16.8 Å². The maximum atomic E-state index is 12.2. The van der Waals surface area contributed by atoms with Crippen LogP contribution in [0.1, 0.15) is 6.42 Å². The van der Waals surface area contributed by atoms with Crippen molar-refractivity contribution in [1.82, 2.24) is 5.32 Å². The van der Waals surface area contributed by atoms with E-state index in [-0.39, 0.29) is 6.42 Å². The Morgan fingerprint density at radius 2 is 2.25 bits per heavy atom. The summed E-state index contributed by atoms with van der Waals surface area (Å²) in [6.45, 7) is -0.381. The fraction of sp³-hybridized carbons (Fsp3) is 0.583. The lowest BCUT2D eigenvalue weighted by Crippen LogP contribution is -2.52. The molecule has 0 bridgehead atoms. The van der Waals surface area contributed by atoms with E-state index in [1.807, 2.05) is 21.7 Å². The van der Waals surface area contributed by atoms with E-state index in [0.717, 1.165) is 5.69 Å². The summed E-state index contributed by atoms with van der Waals surface area (Å²) < 4.78 is 36.7. The lowest BCUT2D eigenvalue weighted by Gasteiger charge is -2.37. The highest BCUT2D eigenvalue weighted by molar-refractivity contribution is 7.08. The van der Waals surface area contributed by atoms with Gasteiger partial charge in [0.2, 0.25) is 0 Å². The highest BCUT2D eigenvalue weighted by atomic mass is 32.1. The highest BCUT2D eigenvalue weighted by Crippen LogP contribution is 2.26. The molecule has 1 aliphatic rings. The first-order chi connectivity index (χ1) is 9.35. The molecule has 0 radical (unpaired) electrons. The van der Waals surface area contributed by atoms with Gasteiger partial charge in [0, 0.05) is 30.2 Å². The van der Waals surface area contributed by atoms with Crippen molar-refractivity contribution < 1.29 is 23.1 Å². The van der Waals surface area contributed by atoms with E-state index >= 15 is 0 Å². The molecule has 0 aliphatic carbocycles. The number of piperidine rings is 1. The van der Waals surface area contributed by atoms with Crippen LogP contribution in [-0.2, 0) is 4.79 Å². The number of rotatable bonds is 4. The Labute approximate surface area is 118 Å². The number of carboxylic acids is 1. The van der Waals surface area contributed by atoms with Gasteiger partial charge in [-0.1, -0.05) is 0 Å². The summed E-state index contributed by atoms with van der Waals surface area (Å²) in [5, 5.41) is 15.3. The first-order valence-corrected chi connectivity index (χ1v) is 7.09. The molecule has 112 valence electrons. The number of alkyl halides is 3. The third-order valence-electron chi connectivity index (χ3n) is 3.26. The Kier molecular flexibility index (Phi) is 4.54. The highest BCUT2D eigenvalue weighted by Gasteiger charge is 2.34. The zero-order chi connectivity index (χ0) is 14.8. The summed E-state index contributed by atoms with van der Waals surface area (Å²) in [6.07, 6.45) is -4.07. The monoisotopic (exact) mass is 308 g/mol. The molecule has 0 amide bonds. The molecule has 1 aromatic rings. The van der Waals surface area contributed by atoms with Crippen molar-refractivity contribution in [3.63, 3.8) is 0 Å². The molecule has 1 aromatic heterocycles. The fourth-order valence-electron chi connectivity index (χ4n) is 2.33. The zero-order valence-corrected chi connectivity index (χ0v) is 11.4. The van der Waals surface area contributed by atoms with E-state index in [4.69, 9.17) is 5.11 Å². The lowest BCUT2D eigenvalue weighted by atomic mass is 9.94. The van der Waals surface area contributed by atoms with E-state index < -0.39 is 30.7 Å². The van der Waals surface area contributed by atoms with E-state index in [1.165, 1.54) is 11.3 Å². The molecule has 2 unspecified atom stereocenters. The minimum atomic E-state index is -4.29. The summed E-state index contributed by atoms with van der Waals surface area (Å²) in [4.78, 5) is 13.0. The molecule has 2 rings (SSSR count). The van der Waals surface area contributed by atoms with Gasteiger partial charge in [-0.3, -0.25) is 4.79 Å². The minimum absolute atomic E-state index is 0.214. The van der Waals surface area contributed by atoms with Crippen molar-refractivity contribution in [2.45, 2.75) is 18.6 Å². The topological polar surface area (TPSA) is 52.6 Å². The van der Waals surface area contributed by atoms with Gasteiger partial charge in [-0.15, -0.1) is 0 Å². The first-order valence-electron chi connectivity index (χ1n) is 6.15. The standard InChI is InChI=1S/C12H15F3N2O2S/c13-12(14,15)7-16-9-3-8(11(18)19)4-17(5-9)10-1-2-20-6-10/h1-2,6,8-9,16H,3-5,7H2,(H,18,19). The molecule has 2 heterocycles.